The third kappa shape index (κ3) is 2.74. The van der Waals surface area contributed by atoms with E-state index in [0.717, 1.165) is 10.9 Å². The molecule has 3 heteroatoms. The quantitative estimate of drug-likeness (QED) is 0.780. The summed E-state index contributed by atoms with van der Waals surface area (Å²) < 4.78 is 0.907. The fraction of sp³-hybridized carbons (Fsp3) is 0.667. The molecule has 1 aliphatic rings. The van der Waals surface area contributed by atoms with Gasteiger partial charge in [-0.1, -0.05) is 30.9 Å². The van der Waals surface area contributed by atoms with Gasteiger partial charge >= 0.3 is 0 Å². The summed E-state index contributed by atoms with van der Waals surface area (Å²) in [5.41, 5.74) is 5.88. The van der Waals surface area contributed by atoms with Crippen LogP contribution in [0.3, 0.4) is 0 Å². The van der Waals surface area contributed by atoms with Crippen molar-refractivity contribution in [3.8, 4) is 0 Å². The maximum atomic E-state index is 6.00. The van der Waals surface area contributed by atoms with Gasteiger partial charge in [0.1, 0.15) is 0 Å². The van der Waals surface area contributed by atoms with E-state index in [1.54, 1.807) is 11.3 Å². The zero-order chi connectivity index (χ0) is 10.7. The van der Waals surface area contributed by atoms with Crippen LogP contribution in [-0.4, -0.2) is 6.54 Å². The van der Waals surface area contributed by atoms with E-state index in [-0.39, 0.29) is 0 Å². The predicted octanol–water partition coefficient (Wildman–Crippen LogP) is 4.02. The molecule has 15 heavy (non-hydrogen) atoms. The average molecular weight is 244 g/mol. The molecule has 1 aromatic rings. The maximum Gasteiger partial charge on any atom is 0.0931 e. The molecule has 2 atom stereocenters. The van der Waals surface area contributed by atoms with E-state index in [4.69, 9.17) is 17.3 Å². The Morgan fingerprint density at radius 2 is 2.07 bits per heavy atom. The molecule has 0 radical (unpaired) electrons. The van der Waals surface area contributed by atoms with Crippen molar-refractivity contribution in [1.82, 2.24) is 0 Å². The summed E-state index contributed by atoms with van der Waals surface area (Å²) in [5, 5.41) is 0. The molecular weight excluding hydrogens is 226 g/mol. The number of halogens is 1. The lowest BCUT2D eigenvalue weighted by molar-refractivity contribution is 0.413. The summed E-state index contributed by atoms with van der Waals surface area (Å²) in [5.74, 6) is 1.33. The summed E-state index contributed by atoms with van der Waals surface area (Å²) >= 11 is 7.73. The highest BCUT2D eigenvalue weighted by molar-refractivity contribution is 7.16. The number of thiophene rings is 1. The van der Waals surface area contributed by atoms with Crippen LogP contribution >= 0.6 is 22.9 Å². The molecule has 1 heterocycles. The summed E-state index contributed by atoms with van der Waals surface area (Å²) in [6.45, 7) is 0.820. The zero-order valence-electron chi connectivity index (χ0n) is 8.92. The van der Waals surface area contributed by atoms with Crippen LogP contribution in [0, 0.1) is 5.92 Å². The Morgan fingerprint density at radius 1 is 1.27 bits per heavy atom. The van der Waals surface area contributed by atoms with Crippen LogP contribution < -0.4 is 5.73 Å². The van der Waals surface area contributed by atoms with E-state index in [9.17, 15) is 0 Å². The molecule has 84 valence electrons. The first-order valence-electron chi connectivity index (χ1n) is 5.76. The average Bonchev–Trinajstić information content (AvgIpc) is 2.54. The number of nitrogens with two attached hydrogens (primary N) is 1. The van der Waals surface area contributed by atoms with E-state index in [0.29, 0.717) is 11.8 Å². The molecule has 1 fully saturated rings. The molecule has 1 aliphatic carbocycles. The second-order valence-corrected chi connectivity index (χ2v) is 6.13. The lowest BCUT2D eigenvalue weighted by atomic mass is 9.87. The van der Waals surface area contributed by atoms with Crippen molar-refractivity contribution in [3.63, 3.8) is 0 Å². The maximum absolute atomic E-state index is 6.00. The SMILES string of the molecule is NCC1CCCCCC1c1ccc(Cl)s1. The van der Waals surface area contributed by atoms with Gasteiger partial charge in [0.2, 0.25) is 0 Å². The molecule has 1 nitrogen and oxygen atoms in total. The topological polar surface area (TPSA) is 26.0 Å². The third-order valence-corrected chi connectivity index (χ3v) is 4.78. The summed E-state index contributed by atoms with van der Waals surface area (Å²) in [7, 11) is 0. The Labute approximate surface area is 101 Å². The molecule has 2 N–H and O–H groups in total. The largest absolute Gasteiger partial charge is 0.330 e. The molecule has 2 unspecified atom stereocenters. The molecule has 0 spiro atoms. The monoisotopic (exact) mass is 243 g/mol. The predicted molar refractivity (Wildman–Crippen MR) is 67.7 cm³/mol. The number of hydrogen-bond acceptors (Lipinski definition) is 2. The molecule has 1 saturated carbocycles. The van der Waals surface area contributed by atoms with Gasteiger partial charge in [-0.05, 0) is 43.4 Å². The summed E-state index contributed by atoms with van der Waals surface area (Å²) in [4.78, 5) is 1.44. The van der Waals surface area contributed by atoms with Crippen molar-refractivity contribution >= 4 is 22.9 Å². The summed E-state index contributed by atoms with van der Waals surface area (Å²) in [6.07, 6.45) is 6.63. The van der Waals surface area contributed by atoms with Gasteiger partial charge in [0, 0.05) is 4.88 Å². The van der Waals surface area contributed by atoms with Crippen molar-refractivity contribution in [2.45, 2.75) is 38.0 Å². The van der Waals surface area contributed by atoms with Crippen LogP contribution in [0.4, 0.5) is 0 Å². The van der Waals surface area contributed by atoms with Crippen LogP contribution in [0.15, 0.2) is 12.1 Å². The molecule has 0 saturated heterocycles. The van der Waals surface area contributed by atoms with E-state index < -0.39 is 0 Å². The standard InChI is InChI=1S/C12H18ClNS/c13-12-7-6-11(15-12)10-5-3-1-2-4-9(10)8-14/h6-7,9-10H,1-5,8,14H2. The lowest BCUT2D eigenvalue weighted by Gasteiger charge is -2.22. The van der Waals surface area contributed by atoms with Crippen LogP contribution in [-0.2, 0) is 0 Å². The van der Waals surface area contributed by atoms with Crippen molar-refractivity contribution in [1.29, 1.82) is 0 Å². The van der Waals surface area contributed by atoms with Crippen LogP contribution in [0.25, 0.3) is 0 Å². The molecule has 0 aromatic carbocycles. The fourth-order valence-electron chi connectivity index (χ4n) is 2.57. The van der Waals surface area contributed by atoms with Gasteiger partial charge in [0.25, 0.3) is 0 Å². The Kier molecular flexibility index (Phi) is 4.06. The fourth-order valence-corrected chi connectivity index (χ4v) is 3.86. The Hall–Kier alpha value is -0.0500. The van der Waals surface area contributed by atoms with Crippen molar-refractivity contribution in [2.75, 3.05) is 6.54 Å². The first-order valence-corrected chi connectivity index (χ1v) is 6.96. The van der Waals surface area contributed by atoms with Crippen molar-refractivity contribution in [2.24, 2.45) is 11.7 Å². The van der Waals surface area contributed by atoms with Gasteiger partial charge in [0.15, 0.2) is 0 Å². The summed E-state index contributed by atoms with van der Waals surface area (Å²) in [6, 6.07) is 4.20. The van der Waals surface area contributed by atoms with E-state index >= 15 is 0 Å². The molecule has 0 amide bonds. The van der Waals surface area contributed by atoms with Crippen molar-refractivity contribution < 1.29 is 0 Å². The Bertz CT molecular complexity index is 310. The first kappa shape index (κ1) is 11.4. The van der Waals surface area contributed by atoms with E-state index in [1.165, 1.54) is 37.0 Å². The van der Waals surface area contributed by atoms with Crippen LogP contribution in [0.5, 0.6) is 0 Å². The molecule has 0 bridgehead atoms. The molecular formula is C12H18ClNS. The minimum atomic E-state index is 0.662. The smallest absolute Gasteiger partial charge is 0.0931 e. The van der Waals surface area contributed by atoms with Gasteiger partial charge < -0.3 is 5.73 Å². The van der Waals surface area contributed by atoms with Crippen molar-refractivity contribution in [3.05, 3.63) is 21.3 Å². The Balaban J connectivity index is 2.16. The minimum Gasteiger partial charge on any atom is -0.330 e. The highest BCUT2D eigenvalue weighted by Crippen LogP contribution is 2.39. The third-order valence-electron chi connectivity index (χ3n) is 3.42. The first-order chi connectivity index (χ1) is 7.31. The Morgan fingerprint density at radius 3 is 2.73 bits per heavy atom. The van der Waals surface area contributed by atoms with Gasteiger partial charge in [0.05, 0.1) is 4.34 Å². The van der Waals surface area contributed by atoms with E-state index in [2.05, 4.69) is 6.07 Å². The second kappa shape index (κ2) is 5.33. The van der Waals surface area contributed by atoms with Gasteiger partial charge in [-0.3, -0.25) is 0 Å². The molecule has 2 rings (SSSR count). The van der Waals surface area contributed by atoms with E-state index in [1.807, 2.05) is 6.07 Å². The zero-order valence-corrected chi connectivity index (χ0v) is 10.5. The highest BCUT2D eigenvalue weighted by atomic mass is 35.5. The normalized spacial score (nSPS) is 27.6. The van der Waals surface area contributed by atoms with Gasteiger partial charge in [-0.2, -0.15) is 0 Å². The van der Waals surface area contributed by atoms with Gasteiger partial charge in [-0.25, -0.2) is 0 Å². The second-order valence-electron chi connectivity index (χ2n) is 4.38. The highest BCUT2D eigenvalue weighted by Gasteiger charge is 2.25. The lowest BCUT2D eigenvalue weighted by Crippen LogP contribution is -2.20. The van der Waals surface area contributed by atoms with Gasteiger partial charge in [-0.15, -0.1) is 11.3 Å². The minimum absolute atomic E-state index is 0.662. The van der Waals surface area contributed by atoms with Crippen LogP contribution in [0.1, 0.15) is 42.9 Å². The number of hydrogen-bond donors (Lipinski definition) is 1. The molecule has 0 aliphatic heterocycles. The molecule has 1 aromatic heterocycles. The van der Waals surface area contributed by atoms with Crippen LogP contribution in [0.2, 0.25) is 4.34 Å². The number of rotatable bonds is 2.